The summed E-state index contributed by atoms with van der Waals surface area (Å²) < 4.78 is 1.89. The maximum absolute atomic E-state index is 13.4. The van der Waals surface area contributed by atoms with Crippen LogP contribution in [0.1, 0.15) is 22.7 Å². The highest BCUT2D eigenvalue weighted by molar-refractivity contribution is 8.00. The van der Waals surface area contributed by atoms with E-state index in [2.05, 4.69) is 52.1 Å². The number of fused-ring (bicyclic) bond motifs is 1. The van der Waals surface area contributed by atoms with Crippen molar-refractivity contribution in [1.82, 2.24) is 14.9 Å². The van der Waals surface area contributed by atoms with Crippen LogP contribution in [0.5, 0.6) is 0 Å². The molecule has 4 aromatic rings. The number of benzene rings is 3. The highest BCUT2D eigenvalue weighted by Gasteiger charge is 2.38. The number of carbonyl (C=O) groups is 1. The standard InChI is InChI=1S/C25H23N5OS/c1-16-12-14-18(15-13-16)21-22(24(31)26-20-11-7-6-8-17(20)2)32-25-28-27-23(30(25)29-21)19-9-4-3-5-10-19/h3-15,21-22,29H,1-2H3,(H,26,31)/t21-,22-/m1/s1. The fourth-order valence-corrected chi connectivity index (χ4v) is 4.85. The lowest BCUT2D eigenvalue weighted by Crippen LogP contribution is -2.41. The van der Waals surface area contributed by atoms with E-state index in [1.807, 2.05) is 66.2 Å². The Morgan fingerprint density at radius 1 is 0.938 bits per heavy atom. The average Bonchev–Trinajstić information content (AvgIpc) is 3.24. The van der Waals surface area contributed by atoms with Crippen LogP contribution in [-0.2, 0) is 4.79 Å². The van der Waals surface area contributed by atoms with Crippen LogP contribution in [0.15, 0.2) is 84.0 Å². The molecule has 0 saturated heterocycles. The van der Waals surface area contributed by atoms with E-state index in [0.29, 0.717) is 5.16 Å². The van der Waals surface area contributed by atoms with Crippen LogP contribution in [0.3, 0.4) is 0 Å². The fourth-order valence-electron chi connectivity index (χ4n) is 3.77. The van der Waals surface area contributed by atoms with Crippen LogP contribution >= 0.6 is 11.8 Å². The first-order valence-electron chi connectivity index (χ1n) is 10.5. The minimum Gasteiger partial charge on any atom is -0.325 e. The minimum atomic E-state index is -0.419. The second-order valence-electron chi connectivity index (χ2n) is 7.87. The number of para-hydroxylation sites is 1. The molecule has 160 valence electrons. The molecule has 0 aliphatic carbocycles. The molecule has 7 heteroatoms. The number of thioether (sulfide) groups is 1. The second-order valence-corrected chi connectivity index (χ2v) is 8.98. The number of nitrogens with one attached hydrogen (secondary N) is 2. The topological polar surface area (TPSA) is 71.8 Å². The van der Waals surface area contributed by atoms with Gasteiger partial charge in [-0.2, -0.15) is 0 Å². The summed E-state index contributed by atoms with van der Waals surface area (Å²) in [5.41, 5.74) is 8.53. The maximum atomic E-state index is 13.4. The Bertz CT molecular complexity index is 1250. The molecule has 0 unspecified atom stereocenters. The Hall–Kier alpha value is -3.58. The van der Waals surface area contributed by atoms with E-state index < -0.39 is 5.25 Å². The molecule has 5 rings (SSSR count). The third-order valence-electron chi connectivity index (χ3n) is 5.57. The monoisotopic (exact) mass is 441 g/mol. The third-order valence-corrected chi connectivity index (χ3v) is 6.78. The van der Waals surface area contributed by atoms with Crippen LogP contribution in [-0.4, -0.2) is 26.0 Å². The van der Waals surface area contributed by atoms with Crippen molar-refractivity contribution < 1.29 is 4.79 Å². The maximum Gasteiger partial charge on any atom is 0.240 e. The molecule has 1 aliphatic rings. The highest BCUT2D eigenvalue weighted by Crippen LogP contribution is 2.39. The van der Waals surface area contributed by atoms with Gasteiger partial charge in [-0.3, -0.25) is 4.79 Å². The molecule has 0 radical (unpaired) electrons. The van der Waals surface area contributed by atoms with Crippen LogP contribution in [0.2, 0.25) is 0 Å². The van der Waals surface area contributed by atoms with Crippen molar-refractivity contribution in [2.45, 2.75) is 30.3 Å². The zero-order valence-electron chi connectivity index (χ0n) is 17.8. The van der Waals surface area contributed by atoms with Gasteiger partial charge in [0.15, 0.2) is 5.82 Å². The van der Waals surface area contributed by atoms with Crippen molar-refractivity contribution in [3.8, 4) is 11.4 Å². The lowest BCUT2D eigenvalue weighted by Gasteiger charge is -2.33. The first kappa shape index (κ1) is 20.3. The van der Waals surface area contributed by atoms with Crippen LogP contribution in [0.4, 0.5) is 5.69 Å². The first-order valence-corrected chi connectivity index (χ1v) is 11.4. The molecule has 2 N–H and O–H groups in total. The van der Waals surface area contributed by atoms with E-state index in [1.54, 1.807) is 0 Å². The van der Waals surface area contributed by atoms with E-state index in [4.69, 9.17) is 0 Å². The predicted octanol–water partition coefficient (Wildman–Crippen LogP) is 4.96. The Balaban J connectivity index is 1.52. The number of hydrogen-bond acceptors (Lipinski definition) is 5. The molecule has 0 spiro atoms. The number of rotatable bonds is 4. The average molecular weight is 442 g/mol. The quantitative estimate of drug-likeness (QED) is 0.468. The largest absolute Gasteiger partial charge is 0.325 e. The molecule has 0 saturated carbocycles. The van der Waals surface area contributed by atoms with Crippen molar-refractivity contribution in [2.24, 2.45) is 0 Å². The fraction of sp³-hybridized carbons (Fsp3) is 0.160. The normalized spacial score (nSPS) is 17.3. The molecular formula is C25H23N5OS. The molecule has 0 bridgehead atoms. The van der Waals surface area contributed by atoms with Gasteiger partial charge in [-0.25, -0.2) is 4.68 Å². The van der Waals surface area contributed by atoms with Gasteiger partial charge in [0.2, 0.25) is 11.1 Å². The van der Waals surface area contributed by atoms with Gasteiger partial charge in [0.1, 0.15) is 5.25 Å². The van der Waals surface area contributed by atoms with E-state index in [0.717, 1.165) is 28.2 Å². The zero-order valence-corrected chi connectivity index (χ0v) is 18.6. The van der Waals surface area contributed by atoms with E-state index in [9.17, 15) is 4.79 Å². The highest BCUT2D eigenvalue weighted by atomic mass is 32.2. The van der Waals surface area contributed by atoms with Gasteiger partial charge in [-0.05, 0) is 31.0 Å². The SMILES string of the molecule is Cc1ccc([C@H]2Nn3c(nnc3-c3ccccc3)S[C@H]2C(=O)Nc2ccccc2C)cc1. The molecule has 3 aromatic carbocycles. The summed E-state index contributed by atoms with van der Waals surface area (Å²) in [5, 5.41) is 12.1. The van der Waals surface area contributed by atoms with E-state index >= 15 is 0 Å². The van der Waals surface area contributed by atoms with Crippen molar-refractivity contribution >= 4 is 23.4 Å². The first-order chi connectivity index (χ1) is 15.6. The van der Waals surface area contributed by atoms with Crippen molar-refractivity contribution in [2.75, 3.05) is 10.7 Å². The van der Waals surface area contributed by atoms with Gasteiger partial charge >= 0.3 is 0 Å². The molecule has 2 atom stereocenters. The van der Waals surface area contributed by atoms with Crippen molar-refractivity contribution in [3.05, 3.63) is 95.6 Å². The molecule has 32 heavy (non-hydrogen) atoms. The number of amides is 1. The predicted molar refractivity (Wildman–Crippen MR) is 128 cm³/mol. The zero-order chi connectivity index (χ0) is 22.1. The van der Waals surface area contributed by atoms with E-state index in [-0.39, 0.29) is 11.9 Å². The third kappa shape index (κ3) is 3.87. The number of nitrogens with zero attached hydrogens (tertiary/aromatic N) is 3. The number of carbonyl (C=O) groups excluding carboxylic acids is 1. The van der Waals surface area contributed by atoms with Crippen LogP contribution < -0.4 is 10.7 Å². The molecule has 1 aliphatic heterocycles. The summed E-state index contributed by atoms with van der Waals surface area (Å²) >= 11 is 1.43. The van der Waals surface area contributed by atoms with Gasteiger partial charge in [-0.15, -0.1) is 10.2 Å². The molecule has 0 fully saturated rings. The second kappa shape index (κ2) is 8.51. The minimum absolute atomic E-state index is 0.0714. The summed E-state index contributed by atoms with van der Waals surface area (Å²) in [6.07, 6.45) is 0. The number of anilines is 1. The summed E-state index contributed by atoms with van der Waals surface area (Å²) in [5.74, 6) is 0.654. The lowest BCUT2D eigenvalue weighted by molar-refractivity contribution is -0.116. The molecule has 1 aromatic heterocycles. The van der Waals surface area contributed by atoms with Crippen LogP contribution in [0, 0.1) is 13.8 Å². The summed E-state index contributed by atoms with van der Waals surface area (Å²) in [6.45, 7) is 4.04. The smallest absolute Gasteiger partial charge is 0.240 e. The lowest BCUT2D eigenvalue weighted by atomic mass is 10.0. The summed E-state index contributed by atoms with van der Waals surface area (Å²) in [7, 11) is 0. The number of aromatic nitrogens is 3. The summed E-state index contributed by atoms with van der Waals surface area (Å²) in [4.78, 5) is 13.4. The van der Waals surface area contributed by atoms with E-state index in [1.165, 1.54) is 17.3 Å². The van der Waals surface area contributed by atoms with Gasteiger partial charge in [0.25, 0.3) is 0 Å². The van der Waals surface area contributed by atoms with Gasteiger partial charge in [-0.1, -0.05) is 90.1 Å². The molecular weight excluding hydrogens is 418 g/mol. The van der Waals surface area contributed by atoms with Crippen LogP contribution in [0.25, 0.3) is 11.4 Å². The molecule has 1 amide bonds. The van der Waals surface area contributed by atoms with Gasteiger partial charge in [0.05, 0.1) is 6.04 Å². The Kier molecular flexibility index (Phi) is 5.41. The Labute approximate surface area is 191 Å². The Morgan fingerprint density at radius 3 is 2.41 bits per heavy atom. The van der Waals surface area contributed by atoms with Crippen molar-refractivity contribution in [1.29, 1.82) is 0 Å². The molecule has 2 heterocycles. The summed E-state index contributed by atoms with van der Waals surface area (Å²) in [6, 6.07) is 25.7. The van der Waals surface area contributed by atoms with Gasteiger partial charge in [0, 0.05) is 11.3 Å². The molecule has 6 nitrogen and oxygen atoms in total. The number of aryl methyl sites for hydroxylation is 2. The van der Waals surface area contributed by atoms with Gasteiger partial charge < -0.3 is 10.7 Å². The Morgan fingerprint density at radius 2 is 1.66 bits per heavy atom. The number of hydrogen-bond donors (Lipinski definition) is 2. The van der Waals surface area contributed by atoms with Crippen molar-refractivity contribution in [3.63, 3.8) is 0 Å².